The van der Waals surface area contributed by atoms with Crippen molar-refractivity contribution >= 4 is 25.1 Å². The summed E-state index contributed by atoms with van der Waals surface area (Å²) in [5, 5.41) is 0. The summed E-state index contributed by atoms with van der Waals surface area (Å²) in [6.07, 6.45) is 2.89. The highest BCUT2D eigenvalue weighted by atomic mass is 16.5. The highest BCUT2D eigenvalue weighted by Crippen LogP contribution is 2.30. The van der Waals surface area contributed by atoms with Crippen LogP contribution in [0.15, 0.2) is 36.4 Å². The van der Waals surface area contributed by atoms with Gasteiger partial charge in [0, 0.05) is 11.1 Å². The van der Waals surface area contributed by atoms with Crippen LogP contribution < -0.4 is 9.47 Å². The first-order valence-electron chi connectivity index (χ1n) is 10.8. The molecular formula is C28H26O6. The van der Waals surface area contributed by atoms with Crippen LogP contribution in [0.1, 0.15) is 74.8 Å². The van der Waals surface area contributed by atoms with Gasteiger partial charge in [0.15, 0.2) is 12.6 Å². The van der Waals surface area contributed by atoms with Gasteiger partial charge in [-0.25, -0.2) is 0 Å². The van der Waals surface area contributed by atoms with E-state index < -0.39 is 0 Å². The first-order valence-corrected chi connectivity index (χ1v) is 10.8. The third-order valence-electron chi connectivity index (χ3n) is 5.90. The van der Waals surface area contributed by atoms with Crippen LogP contribution in [0.5, 0.6) is 11.5 Å². The molecule has 0 spiro atoms. The maximum atomic E-state index is 11.6. The minimum absolute atomic E-state index is 0.253. The lowest BCUT2D eigenvalue weighted by molar-refractivity contribution is 0.110. The average Bonchev–Trinajstić information content (AvgIpc) is 2.84. The Kier molecular flexibility index (Phi) is 7.74. The molecule has 3 aromatic rings. The molecule has 0 saturated carbocycles. The van der Waals surface area contributed by atoms with E-state index in [2.05, 4.69) is 0 Å². The Morgan fingerprint density at radius 1 is 0.588 bits per heavy atom. The summed E-state index contributed by atoms with van der Waals surface area (Å²) in [5.74, 6) is 0.938. The summed E-state index contributed by atoms with van der Waals surface area (Å²) in [6, 6.07) is 11.0. The maximum absolute atomic E-state index is 11.6. The van der Waals surface area contributed by atoms with E-state index in [1.807, 2.05) is 24.3 Å². The predicted octanol–water partition coefficient (Wildman–Crippen LogP) is 5.33. The minimum Gasteiger partial charge on any atom is -0.488 e. The standard InChI is InChI=1S/C28H26O6/c1-17-9-23(11-29)19(3)25(13-31)27(17)33-15-21-5-7-22(8-6-21)16-34-28-18(2)10-24(12-30)20(4)26(28)14-32/h5-14H,15-16H2,1-4H3. The second kappa shape index (κ2) is 10.7. The molecule has 0 fully saturated rings. The molecule has 174 valence electrons. The van der Waals surface area contributed by atoms with Crippen LogP contribution in [0.25, 0.3) is 0 Å². The third kappa shape index (κ3) is 4.96. The number of hydrogen-bond acceptors (Lipinski definition) is 6. The summed E-state index contributed by atoms with van der Waals surface area (Å²) in [4.78, 5) is 45.6. The molecule has 0 amide bonds. The van der Waals surface area contributed by atoms with E-state index in [4.69, 9.17) is 9.47 Å². The van der Waals surface area contributed by atoms with E-state index in [-0.39, 0.29) is 13.2 Å². The van der Waals surface area contributed by atoms with E-state index >= 15 is 0 Å². The molecule has 0 heterocycles. The van der Waals surface area contributed by atoms with E-state index in [9.17, 15) is 19.2 Å². The number of rotatable bonds is 10. The van der Waals surface area contributed by atoms with Crippen LogP contribution in [0.2, 0.25) is 0 Å². The van der Waals surface area contributed by atoms with Crippen LogP contribution in [-0.2, 0) is 13.2 Å². The fourth-order valence-electron chi connectivity index (χ4n) is 3.85. The lowest BCUT2D eigenvalue weighted by Crippen LogP contribution is -2.05. The lowest BCUT2D eigenvalue weighted by atomic mass is 9.99. The number of carbonyl (C=O) groups is 4. The van der Waals surface area contributed by atoms with Crippen LogP contribution in [-0.4, -0.2) is 25.1 Å². The van der Waals surface area contributed by atoms with Gasteiger partial charge in [-0.1, -0.05) is 24.3 Å². The molecule has 0 saturated heterocycles. The van der Waals surface area contributed by atoms with E-state index in [1.165, 1.54) is 0 Å². The molecule has 0 aromatic heterocycles. The van der Waals surface area contributed by atoms with Crippen LogP contribution in [0.4, 0.5) is 0 Å². The monoisotopic (exact) mass is 458 g/mol. The Morgan fingerprint density at radius 2 is 0.941 bits per heavy atom. The zero-order valence-corrected chi connectivity index (χ0v) is 19.6. The molecule has 0 atom stereocenters. The van der Waals surface area contributed by atoms with E-state index in [0.717, 1.165) is 34.8 Å². The molecule has 3 rings (SSSR count). The van der Waals surface area contributed by atoms with Gasteiger partial charge < -0.3 is 9.47 Å². The van der Waals surface area contributed by atoms with Crippen LogP contribution in [0, 0.1) is 27.7 Å². The van der Waals surface area contributed by atoms with Crippen molar-refractivity contribution in [3.8, 4) is 11.5 Å². The smallest absolute Gasteiger partial charge is 0.154 e. The molecule has 0 aliphatic heterocycles. The zero-order valence-electron chi connectivity index (χ0n) is 19.6. The van der Waals surface area contributed by atoms with Gasteiger partial charge in [0.2, 0.25) is 0 Å². The summed E-state index contributed by atoms with van der Waals surface area (Å²) >= 11 is 0. The SMILES string of the molecule is Cc1cc(C=O)c(C)c(C=O)c1OCc1ccc(COc2c(C)cc(C=O)c(C)c2C=O)cc1. The van der Waals surface area contributed by atoms with E-state index in [1.54, 1.807) is 39.8 Å². The number of carbonyl (C=O) groups excluding carboxylic acids is 4. The minimum atomic E-state index is 0.253. The molecule has 6 nitrogen and oxygen atoms in total. The van der Waals surface area contributed by atoms with Crippen molar-refractivity contribution in [3.05, 3.63) is 92.0 Å². The van der Waals surface area contributed by atoms with Gasteiger partial charge in [-0.3, -0.25) is 19.2 Å². The fourth-order valence-corrected chi connectivity index (χ4v) is 3.85. The van der Waals surface area contributed by atoms with Crippen molar-refractivity contribution in [2.45, 2.75) is 40.9 Å². The lowest BCUT2D eigenvalue weighted by Gasteiger charge is -2.16. The number of ether oxygens (including phenoxy) is 2. The molecule has 0 radical (unpaired) electrons. The number of aryl methyl sites for hydroxylation is 2. The summed E-state index contributed by atoms with van der Waals surface area (Å²) < 4.78 is 11.9. The first-order chi connectivity index (χ1) is 16.3. The molecule has 6 heteroatoms. The average molecular weight is 459 g/mol. The van der Waals surface area contributed by atoms with Gasteiger partial charge in [-0.05, 0) is 73.2 Å². The van der Waals surface area contributed by atoms with Crippen molar-refractivity contribution in [3.63, 3.8) is 0 Å². The largest absolute Gasteiger partial charge is 0.488 e. The topological polar surface area (TPSA) is 86.7 Å². The Balaban J connectivity index is 1.72. The second-order valence-electron chi connectivity index (χ2n) is 8.17. The number of aldehydes is 4. The van der Waals surface area contributed by atoms with Crippen molar-refractivity contribution in [2.75, 3.05) is 0 Å². The zero-order chi connectivity index (χ0) is 24.8. The van der Waals surface area contributed by atoms with Crippen molar-refractivity contribution in [1.82, 2.24) is 0 Å². The van der Waals surface area contributed by atoms with Crippen LogP contribution in [0.3, 0.4) is 0 Å². The number of hydrogen-bond donors (Lipinski definition) is 0. The molecule has 0 N–H and O–H groups in total. The summed E-state index contributed by atoms with van der Waals surface area (Å²) in [6.45, 7) is 7.55. The van der Waals surface area contributed by atoms with Gasteiger partial charge >= 0.3 is 0 Å². The molecule has 0 aliphatic rings. The van der Waals surface area contributed by atoms with Gasteiger partial charge in [0.05, 0.1) is 11.1 Å². The van der Waals surface area contributed by atoms with Crippen LogP contribution >= 0.6 is 0 Å². The van der Waals surface area contributed by atoms with Crippen molar-refractivity contribution in [2.24, 2.45) is 0 Å². The molecule has 0 bridgehead atoms. The number of benzene rings is 3. The Morgan fingerprint density at radius 3 is 1.24 bits per heavy atom. The highest BCUT2D eigenvalue weighted by molar-refractivity contribution is 5.90. The Bertz CT molecular complexity index is 1160. The third-order valence-corrected chi connectivity index (χ3v) is 5.90. The van der Waals surface area contributed by atoms with Gasteiger partial charge in [0.1, 0.15) is 37.3 Å². The van der Waals surface area contributed by atoms with Gasteiger partial charge in [-0.2, -0.15) is 0 Å². The summed E-state index contributed by atoms with van der Waals surface area (Å²) in [5.41, 5.74) is 6.13. The molecule has 0 unspecified atom stereocenters. The quantitative estimate of drug-likeness (QED) is 0.382. The van der Waals surface area contributed by atoms with Crippen molar-refractivity contribution < 1.29 is 28.7 Å². The van der Waals surface area contributed by atoms with E-state index in [0.29, 0.717) is 57.5 Å². The first kappa shape index (κ1) is 24.6. The molecule has 3 aromatic carbocycles. The highest BCUT2D eigenvalue weighted by Gasteiger charge is 2.16. The van der Waals surface area contributed by atoms with Gasteiger partial charge in [0.25, 0.3) is 0 Å². The van der Waals surface area contributed by atoms with Gasteiger partial charge in [-0.15, -0.1) is 0 Å². The second-order valence-corrected chi connectivity index (χ2v) is 8.17. The fraction of sp³-hybridized carbons (Fsp3) is 0.214. The normalized spacial score (nSPS) is 10.5. The summed E-state index contributed by atoms with van der Waals surface area (Å²) in [7, 11) is 0. The van der Waals surface area contributed by atoms with Crippen molar-refractivity contribution in [1.29, 1.82) is 0 Å². The molecule has 0 aliphatic carbocycles. The molecular weight excluding hydrogens is 432 g/mol. The Labute approximate surface area is 198 Å². The predicted molar refractivity (Wildman–Crippen MR) is 128 cm³/mol. The maximum Gasteiger partial charge on any atom is 0.154 e. The Hall–Kier alpha value is -4.06. The molecule has 34 heavy (non-hydrogen) atoms.